The molecule has 3 N–H and O–H groups in total. The predicted octanol–water partition coefficient (Wildman–Crippen LogP) is 2.87. The van der Waals surface area contributed by atoms with E-state index in [0.717, 1.165) is 36.3 Å². The number of carbonyl (C=O) groups is 2. The first kappa shape index (κ1) is 18.2. The lowest BCUT2D eigenvalue weighted by atomic mass is 10.0. The van der Waals surface area contributed by atoms with Crippen LogP contribution in [0.2, 0.25) is 0 Å². The third-order valence-electron chi connectivity index (χ3n) is 4.79. The predicted molar refractivity (Wildman–Crippen MR) is 108 cm³/mol. The van der Waals surface area contributed by atoms with Crippen molar-refractivity contribution in [1.29, 1.82) is 0 Å². The van der Waals surface area contributed by atoms with Crippen molar-refractivity contribution in [2.24, 2.45) is 0 Å². The van der Waals surface area contributed by atoms with Gasteiger partial charge < -0.3 is 16.0 Å². The fourth-order valence-corrected chi connectivity index (χ4v) is 5.71. The van der Waals surface area contributed by atoms with Crippen LogP contribution < -0.4 is 16.0 Å². The molecule has 9 heteroatoms. The number of thioether (sulfide) groups is 1. The lowest BCUT2D eigenvalue weighted by Gasteiger charge is -2.16. The molecule has 3 amide bonds. The van der Waals surface area contributed by atoms with E-state index in [0.29, 0.717) is 16.8 Å². The molecule has 4 rings (SSSR count). The highest BCUT2D eigenvalue weighted by Gasteiger charge is 2.42. The zero-order chi connectivity index (χ0) is 18.6. The molecule has 0 radical (unpaired) electrons. The summed E-state index contributed by atoms with van der Waals surface area (Å²) >= 11 is 3.33. The first-order valence-electron chi connectivity index (χ1n) is 9.03. The van der Waals surface area contributed by atoms with Gasteiger partial charge >= 0.3 is 6.03 Å². The van der Waals surface area contributed by atoms with Gasteiger partial charge in [0.2, 0.25) is 5.91 Å². The standard InChI is InChI=1S/C18H21N5O2S2/c24-15(22-18-21-12(9-27-18)11-4-3-7-19-8-11)6-2-1-5-14-16-13(10-26-14)20-17(25)23-16/h3-4,7-9,13-14,16H,1-2,5-6,10H2,(H2,20,23,25)(H,21,22,24). The van der Waals surface area contributed by atoms with Crippen LogP contribution in [0, 0.1) is 0 Å². The third kappa shape index (κ3) is 4.41. The number of amides is 3. The second-order valence-electron chi connectivity index (χ2n) is 6.70. The highest BCUT2D eigenvalue weighted by atomic mass is 32.2. The molecule has 4 heterocycles. The quantitative estimate of drug-likeness (QED) is 0.488. The third-order valence-corrected chi connectivity index (χ3v) is 7.05. The summed E-state index contributed by atoms with van der Waals surface area (Å²) in [6.07, 6.45) is 6.79. The second kappa shape index (κ2) is 8.26. The number of nitrogens with zero attached hydrogens (tertiary/aromatic N) is 2. The van der Waals surface area contributed by atoms with Crippen LogP contribution in [0.4, 0.5) is 9.93 Å². The fourth-order valence-electron chi connectivity index (χ4n) is 3.43. The molecule has 0 spiro atoms. The van der Waals surface area contributed by atoms with Gasteiger partial charge in [-0.1, -0.05) is 6.42 Å². The van der Waals surface area contributed by atoms with Crippen LogP contribution >= 0.6 is 23.1 Å². The monoisotopic (exact) mass is 403 g/mol. The van der Waals surface area contributed by atoms with Gasteiger partial charge in [-0.25, -0.2) is 9.78 Å². The Kier molecular flexibility index (Phi) is 5.58. The Morgan fingerprint density at radius 2 is 2.26 bits per heavy atom. The van der Waals surface area contributed by atoms with Gasteiger partial charge in [0.1, 0.15) is 0 Å². The molecular weight excluding hydrogens is 382 g/mol. The summed E-state index contributed by atoms with van der Waals surface area (Å²) in [5, 5.41) is 11.8. The Bertz CT molecular complexity index is 813. The minimum absolute atomic E-state index is 0.00475. The van der Waals surface area contributed by atoms with Gasteiger partial charge in [-0.2, -0.15) is 11.8 Å². The molecule has 0 bridgehead atoms. The van der Waals surface area contributed by atoms with Crippen molar-refractivity contribution < 1.29 is 9.59 Å². The molecule has 2 aliphatic heterocycles. The second-order valence-corrected chi connectivity index (χ2v) is 8.83. The van der Waals surface area contributed by atoms with Crippen molar-refractivity contribution >= 4 is 40.2 Å². The SMILES string of the molecule is O=C(CCCCC1SCC2NC(=O)NC21)Nc1nc(-c2cccnc2)cs1. The van der Waals surface area contributed by atoms with E-state index in [1.807, 2.05) is 29.3 Å². The van der Waals surface area contributed by atoms with E-state index in [9.17, 15) is 9.59 Å². The van der Waals surface area contributed by atoms with Crippen LogP contribution in [0.25, 0.3) is 11.3 Å². The van der Waals surface area contributed by atoms with Crippen molar-refractivity contribution in [3.05, 3.63) is 29.9 Å². The number of carbonyl (C=O) groups excluding carboxylic acids is 2. The molecule has 0 aromatic carbocycles. The largest absolute Gasteiger partial charge is 0.332 e. The molecule has 27 heavy (non-hydrogen) atoms. The van der Waals surface area contributed by atoms with Gasteiger partial charge in [-0.05, 0) is 25.0 Å². The molecular formula is C18H21N5O2S2. The Labute approximate surface area is 165 Å². The molecule has 2 saturated heterocycles. The topological polar surface area (TPSA) is 96.0 Å². The highest BCUT2D eigenvalue weighted by Crippen LogP contribution is 2.33. The Morgan fingerprint density at radius 3 is 3.11 bits per heavy atom. The molecule has 2 fully saturated rings. The Morgan fingerprint density at radius 1 is 1.33 bits per heavy atom. The molecule has 0 aliphatic carbocycles. The summed E-state index contributed by atoms with van der Waals surface area (Å²) in [7, 11) is 0. The maximum Gasteiger partial charge on any atom is 0.315 e. The highest BCUT2D eigenvalue weighted by molar-refractivity contribution is 8.00. The minimum atomic E-state index is -0.0521. The van der Waals surface area contributed by atoms with E-state index < -0.39 is 0 Å². The molecule has 2 aliphatic rings. The molecule has 142 valence electrons. The van der Waals surface area contributed by atoms with Crippen molar-refractivity contribution in [3.8, 4) is 11.3 Å². The zero-order valence-electron chi connectivity index (χ0n) is 14.7. The zero-order valence-corrected chi connectivity index (χ0v) is 16.3. The Balaban J connectivity index is 1.18. The van der Waals surface area contributed by atoms with Gasteiger partial charge in [0.25, 0.3) is 0 Å². The summed E-state index contributed by atoms with van der Waals surface area (Å²) in [5.41, 5.74) is 1.76. The molecule has 2 aromatic rings. The minimum Gasteiger partial charge on any atom is -0.332 e. The van der Waals surface area contributed by atoms with E-state index in [-0.39, 0.29) is 24.0 Å². The normalized spacial score (nSPS) is 23.6. The number of pyridine rings is 1. The van der Waals surface area contributed by atoms with Gasteiger partial charge in [0.15, 0.2) is 5.13 Å². The lowest BCUT2D eigenvalue weighted by molar-refractivity contribution is -0.116. The number of nitrogens with one attached hydrogen (secondary N) is 3. The number of fused-ring (bicyclic) bond motifs is 1. The average Bonchev–Trinajstić information content (AvgIpc) is 3.36. The summed E-state index contributed by atoms with van der Waals surface area (Å²) in [6, 6.07) is 4.25. The number of hydrogen-bond donors (Lipinski definition) is 3. The van der Waals surface area contributed by atoms with Gasteiger partial charge in [-0.15, -0.1) is 11.3 Å². The van der Waals surface area contributed by atoms with Crippen molar-refractivity contribution in [2.75, 3.05) is 11.1 Å². The van der Waals surface area contributed by atoms with E-state index in [4.69, 9.17) is 0 Å². The number of urea groups is 1. The van der Waals surface area contributed by atoms with E-state index in [1.165, 1.54) is 11.3 Å². The van der Waals surface area contributed by atoms with Crippen LogP contribution in [0.1, 0.15) is 25.7 Å². The number of hydrogen-bond acceptors (Lipinski definition) is 6. The summed E-state index contributed by atoms with van der Waals surface area (Å²) < 4.78 is 0. The molecule has 3 atom stereocenters. The van der Waals surface area contributed by atoms with Crippen molar-refractivity contribution in [3.63, 3.8) is 0 Å². The molecule has 3 unspecified atom stereocenters. The molecule has 7 nitrogen and oxygen atoms in total. The van der Waals surface area contributed by atoms with E-state index in [2.05, 4.69) is 25.9 Å². The Hall–Kier alpha value is -2.13. The van der Waals surface area contributed by atoms with Crippen LogP contribution in [0.15, 0.2) is 29.9 Å². The van der Waals surface area contributed by atoms with Crippen LogP contribution in [0.5, 0.6) is 0 Å². The maximum absolute atomic E-state index is 12.2. The van der Waals surface area contributed by atoms with Gasteiger partial charge in [0.05, 0.1) is 17.8 Å². The number of thiazole rings is 1. The van der Waals surface area contributed by atoms with Gasteiger partial charge in [0, 0.05) is 40.8 Å². The summed E-state index contributed by atoms with van der Waals surface area (Å²) in [5.74, 6) is 0.965. The van der Waals surface area contributed by atoms with E-state index in [1.54, 1.807) is 12.4 Å². The average molecular weight is 404 g/mol. The fraction of sp³-hybridized carbons (Fsp3) is 0.444. The van der Waals surface area contributed by atoms with Crippen molar-refractivity contribution in [2.45, 2.75) is 43.0 Å². The number of unbranched alkanes of at least 4 members (excludes halogenated alkanes) is 1. The summed E-state index contributed by atoms with van der Waals surface area (Å²) in [4.78, 5) is 32.1. The maximum atomic E-state index is 12.2. The number of anilines is 1. The van der Waals surface area contributed by atoms with Crippen molar-refractivity contribution in [1.82, 2.24) is 20.6 Å². The smallest absolute Gasteiger partial charge is 0.315 e. The molecule has 0 saturated carbocycles. The summed E-state index contributed by atoms with van der Waals surface area (Å²) in [6.45, 7) is 0. The number of rotatable bonds is 7. The van der Waals surface area contributed by atoms with Crippen LogP contribution in [-0.2, 0) is 4.79 Å². The number of aromatic nitrogens is 2. The first-order chi connectivity index (χ1) is 13.2. The van der Waals surface area contributed by atoms with Crippen LogP contribution in [0.3, 0.4) is 0 Å². The lowest BCUT2D eigenvalue weighted by Crippen LogP contribution is -2.36. The van der Waals surface area contributed by atoms with Gasteiger partial charge in [-0.3, -0.25) is 9.78 Å². The van der Waals surface area contributed by atoms with E-state index >= 15 is 0 Å². The molecule has 2 aromatic heterocycles. The van der Waals surface area contributed by atoms with Crippen LogP contribution in [-0.4, -0.2) is 45.0 Å². The first-order valence-corrected chi connectivity index (χ1v) is 11.0.